The van der Waals surface area contributed by atoms with Crippen LogP contribution in [0.1, 0.15) is 49.9 Å². The normalized spacial score (nSPS) is 13.3. The summed E-state index contributed by atoms with van der Waals surface area (Å²) < 4.78 is 0. The van der Waals surface area contributed by atoms with Crippen LogP contribution >= 0.6 is 0 Å². The number of hydrogen-bond acceptors (Lipinski definition) is 4. The van der Waals surface area contributed by atoms with Crippen LogP contribution in [-0.4, -0.2) is 31.9 Å². The van der Waals surface area contributed by atoms with Crippen LogP contribution in [0.2, 0.25) is 0 Å². The van der Waals surface area contributed by atoms with Gasteiger partial charge in [0.2, 0.25) is 0 Å². The zero-order chi connectivity index (χ0) is 28.8. The topological polar surface area (TPSA) is 44.9 Å². The quantitative estimate of drug-likeness (QED) is 0.216. The van der Waals surface area contributed by atoms with Crippen LogP contribution in [0.25, 0.3) is 11.1 Å². The van der Waals surface area contributed by atoms with E-state index in [1.807, 2.05) is 24.3 Å². The van der Waals surface area contributed by atoms with Gasteiger partial charge in [-0.05, 0) is 110 Å². The third-order valence-electron chi connectivity index (χ3n) is 7.88. The minimum Gasteiger partial charge on any atom is -0.399 e. The Bertz CT molecular complexity index is 1490. The van der Waals surface area contributed by atoms with E-state index in [-0.39, 0.29) is 0 Å². The van der Waals surface area contributed by atoms with Gasteiger partial charge in [0.25, 0.3) is 0 Å². The van der Waals surface area contributed by atoms with Crippen LogP contribution in [0, 0.1) is 0 Å². The third-order valence-corrected chi connectivity index (χ3v) is 7.88. The summed E-state index contributed by atoms with van der Waals surface area (Å²) >= 11 is 0. The van der Waals surface area contributed by atoms with Crippen molar-refractivity contribution in [2.75, 3.05) is 41.7 Å². The Kier molecular flexibility index (Phi) is 8.69. The summed E-state index contributed by atoms with van der Waals surface area (Å²) in [5, 5.41) is 0. The molecular formula is C37H40N4. The van der Waals surface area contributed by atoms with Gasteiger partial charge in [-0.3, -0.25) is 0 Å². The van der Waals surface area contributed by atoms with Gasteiger partial charge in [-0.1, -0.05) is 54.6 Å². The summed E-state index contributed by atoms with van der Waals surface area (Å²) in [7, 11) is 0. The summed E-state index contributed by atoms with van der Waals surface area (Å²) in [6.45, 7) is 12.8. The van der Waals surface area contributed by atoms with Crippen molar-refractivity contribution in [2.45, 2.75) is 27.7 Å². The predicted molar refractivity (Wildman–Crippen MR) is 179 cm³/mol. The molecule has 0 spiro atoms. The highest BCUT2D eigenvalue weighted by atomic mass is 15.1. The number of fused-ring (bicyclic) bond motifs is 1. The molecule has 0 aromatic heterocycles. The van der Waals surface area contributed by atoms with E-state index in [4.69, 9.17) is 10.7 Å². The van der Waals surface area contributed by atoms with E-state index in [0.29, 0.717) is 0 Å². The molecule has 0 atom stereocenters. The number of benzene rings is 4. The number of rotatable bonds is 9. The maximum absolute atomic E-state index is 5.91. The molecule has 4 aromatic rings. The standard InChI is InChI=1S/C37H40N4/c1-5-40(6-2)31-21-13-27(14-22-31)37(28-15-23-32(24-16-28)41(7-3)8-4)35-25-26-36(34-12-10-9-11-33(34)35)39-30-19-17-29(38)18-20-30/h9-26H,5-8,38H2,1-4H3. The minimum atomic E-state index is 0.738. The Labute approximate surface area is 245 Å². The van der Waals surface area contributed by atoms with Gasteiger partial charge < -0.3 is 15.5 Å². The molecule has 4 heteroatoms. The Morgan fingerprint density at radius 1 is 0.585 bits per heavy atom. The van der Waals surface area contributed by atoms with Crippen molar-refractivity contribution in [1.82, 2.24) is 0 Å². The highest BCUT2D eigenvalue weighted by molar-refractivity contribution is 6.19. The van der Waals surface area contributed by atoms with Crippen LogP contribution in [0.4, 0.5) is 22.7 Å². The average Bonchev–Trinajstić information content (AvgIpc) is 3.02. The maximum Gasteiger partial charge on any atom is 0.0715 e. The van der Waals surface area contributed by atoms with E-state index in [2.05, 4.69) is 122 Å². The summed E-state index contributed by atoms with van der Waals surface area (Å²) in [5.74, 6) is 0. The van der Waals surface area contributed by atoms with E-state index in [9.17, 15) is 0 Å². The first-order valence-corrected chi connectivity index (χ1v) is 14.7. The van der Waals surface area contributed by atoms with Crippen molar-refractivity contribution in [1.29, 1.82) is 0 Å². The smallest absolute Gasteiger partial charge is 0.0715 e. The Morgan fingerprint density at radius 3 is 1.56 bits per heavy atom. The Morgan fingerprint density at radius 2 is 1.07 bits per heavy atom. The molecule has 4 aromatic carbocycles. The zero-order valence-electron chi connectivity index (χ0n) is 24.6. The van der Waals surface area contributed by atoms with Crippen LogP contribution in [0.5, 0.6) is 0 Å². The molecule has 41 heavy (non-hydrogen) atoms. The number of anilines is 3. The molecule has 1 aliphatic rings. The molecule has 4 nitrogen and oxygen atoms in total. The molecule has 0 radical (unpaired) electrons. The van der Waals surface area contributed by atoms with Crippen molar-refractivity contribution in [3.05, 3.63) is 131 Å². The molecule has 0 saturated carbocycles. The summed E-state index contributed by atoms with van der Waals surface area (Å²) in [5.41, 5.74) is 18.1. The Hall–Kier alpha value is -4.57. The summed E-state index contributed by atoms with van der Waals surface area (Å²) in [6, 6.07) is 34.4. The molecule has 208 valence electrons. The molecule has 0 saturated heterocycles. The van der Waals surface area contributed by atoms with Crippen LogP contribution in [0.15, 0.2) is 114 Å². The van der Waals surface area contributed by atoms with Gasteiger partial charge in [-0.15, -0.1) is 0 Å². The first-order valence-electron chi connectivity index (χ1n) is 14.7. The fourth-order valence-corrected chi connectivity index (χ4v) is 5.62. The number of nitrogen functional groups attached to an aromatic ring is 1. The molecule has 1 aliphatic carbocycles. The van der Waals surface area contributed by atoms with Gasteiger partial charge in [0, 0.05) is 48.8 Å². The van der Waals surface area contributed by atoms with E-state index in [1.54, 1.807) is 0 Å². The fourth-order valence-electron chi connectivity index (χ4n) is 5.62. The van der Waals surface area contributed by atoms with Gasteiger partial charge in [-0.2, -0.15) is 0 Å². The summed E-state index contributed by atoms with van der Waals surface area (Å²) in [4.78, 5) is 9.74. The lowest BCUT2D eigenvalue weighted by molar-refractivity contribution is 0.866. The lowest BCUT2D eigenvalue weighted by Crippen LogP contribution is -2.21. The second kappa shape index (κ2) is 12.7. The van der Waals surface area contributed by atoms with Crippen molar-refractivity contribution in [3.63, 3.8) is 0 Å². The molecule has 2 N–H and O–H groups in total. The van der Waals surface area contributed by atoms with Crippen molar-refractivity contribution < 1.29 is 0 Å². The third kappa shape index (κ3) is 5.97. The molecule has 0 amide bonds. The number of allylic oxidation sites excluding steroid dienone is 3. The van der Waals surface area contributed by atoms with Crippen molar-refractivity contribution in [3.8, 4) is 0 Å². The largest absolute Gasteiger partial charge is 0.399 e. The van der Waals surface area contributed by atoms with Crippen LogP contribution in [0.3, 0.4) is 0 Å². The molecule has 0 aliphatic heterocycles. The monoisotopic (exact) mass is 540 g/mol. The number of nitrogens with zero attached hydrogens (tertiary/aromatic N) is 3. The van der Waals surface area contributed by atoms with E-state index in [1.165, 1.54) is 39.2 Å². The van der Waals surface area contributed by atoms with Gasteiger partial charge in [0.1, 0.15) is 0 Å². The summed E-state index contributed by atoms with van der Waals surface area (Å²) in [6.07, 6.45) is 4.37. The molecule has 0 heterocycles. The maximum atomic E-state index is 5.91. The van der Waals surface area contributed by atoms with Crippen molar-refractivity contribution >= 4 is 39.6 Å². The lowest BCUT2D eigenvalue weighted by Gasteiger charge is -2.24. The highest BCUT2D eigenvalue weighted by Crippen LogP contribution is 2.38. The highest BCUT2D eigenvalue weighted by Gasteiger charge is 2.20. The second-order valence-electron chi connectivity index (χ2n) is 10.2. The van der Waals surface area contributed by atoms with Crippen LogP contribution in [-0.2, 0) is 0 Å². The first-order chi connectivity index (χ1) is 20.1. The average molecular weight is 541 g/mol. The minimum absolute atomic E-state index is 0.738. The number of nitrogens with two attached hydrogens (primary N) is 1. The van der Waals surface area contributed by atoms with Gasteiger partial charge in [0.05, 0.1) is 11.4 Å². The number of aliphatic imine (C=N–C) groups is 1. The van der Waals surface area contributed by atoms with Crippen LogP contribution < -0.4 is 15.5 Å². The fraction of sp³-hybridized carbons (Fsp3) is 0.216. The predicted octanol–water partition coefficient (Wildman–Crippen LogP) is 8.61. The molecule has 5 rings (SSSR count). The van der Waals surface area contributed by atoms with Gasteiger partial charge in [0.15, 0.2) is 0 Å². The SMILES string of the molecule is CCN(CC)c1ccc(C(=C2C=CC(=Nc3ccc(N)cc3)c3ccccc32)c2ccc(N(CC)CC)cc2)cc1. The number of hydrogen-bond donors (Lipinski definition) is 1. The molecule has 0 bridgehead atoms. The first kappa shape index (κ1) is 28.0. The van der Waals surface area contributed by atoms with E-state index in [0.717, 1.165) is 48.8 Å². The zero-order valence-corrected chi connectivity index (χ0v) is 24.6. The van der Waals surface area contributed by atoms with Gasteiger partial charge in [-0.25, -0.2) is 4.99 Å². The molecule has 0 unspecified atom stereocenters. The Balaban J connectivity index is 1.67. The van der Waals surface area contributed by atoms with Gasteiger partial charge >= 0.3 is 0 Å². The lowest BCUT2D eigenvalue weighted by atomic mass is 9.83. The van der Waals surface area contributed by atoms with E-state index >= 15 is 0 Å². The second-order valence-corrected chi connectivity index (χ2v) is 10.2. The molecular weight excluding hydrogens is 500 g/mol. The van der Waals surface area contributed by atoms with E-state index < -0.39 is 0 Å². The van der Waals surface area contributed by atoms with Crippen molar-refractivity contribution in [2.24, 2.45) is 4.99 Å². The molecule has 0 fully saturated rings.